The predicted molar refractivity (Wildman–Crippen MR) is 111 cm³/mol. The Balaban J connectivity index is 1.80. The van der Waals surface area contributed by atoms with E-state index in [9.17, 15) is 8.42 Å². The number of anilines is 1. The summed E-state index contributed by atoms with van der Waals surface area (Å²) in [5.74, 6) is 0.00810. The lowest BCUT2D eigenvalue weighted by Crippen LogP contribution is -2.14. The minimum absolute atomic E-state index is 0.00810. The van der Waals surface area contributed by atoms with E-state index in [0.29, 0.717) is 5.69 Å². The van der Waals surface area contributed by atoms with Crippen LogP contribution in [0.2, 0.25) is 0 Å². The zero-order valence-corrected chi connectivity index (χ0v) is 16.0. The van der Waals surface area contributed by atoms with E-state index in [1.54, 1.807) is 37.8 Å². The molecule has 0 unspecified atom stereocenters. The molecule has 3 aromatic heterocycles. The zero-order chi connectivity index (χ0) is 19.6. The number of sulfonamides is 1. The number of hydrogen-bond donors (Lipinski definition) is 1. The van der Waals surface area contributed by atoms with Gasteiger partial charge >= 0.3 is 0 Å². The maximum atomic E-state index is 11.8. The van der Waals surface area contributed by atoms with Gasteiger partial charge in [0, 0.05) is 35.7 Å². The van der Waals surface area contributed by atoms with Crippen LogP contribution in [0.15, 0.2) is 73.4 Å². The van der Waals surface area contributed by atoms with Gasteiger partial charge < -0.3 is 0 Å². The Kier molecular flexibility index (Phi) is 4.75. The molecule has 140 valence electrons. The molecule has 3 heterocycles. The third-order valence-electron chi connectivity index (χ3n) is 4.46. The van der Waals surface area contributed by atoms with Crippen molar-refractivity contribution in [3.8, 4) is 22.3 Å². The van der Waals surface area contributed by atoms with E-state index in [-0.39, 0.29) is 5.75 Å². The Morgan fingerprint density at radius 2 is 1.68 bits per heavy atom. The molecule has 0 bridgehead atoms. The highest BCUT2D eigenvalue weighted by Crippen LogP contribution is 2.31. The number of rotatable bonds is 5. The third kappa shape index (κ3) is 3.70. The first-order valence-electron chi connectivity index (χ1n) is 8.81. The van der Waals surface area contributed by atoms with Gasteiger partial charge in [-0.05, 0) is 60.0 Å². The molecule has 6 nitrogen and oxygen atoms in total. The molecular formula is C21H18N4O2S. The molecule has 4 rings (SSSR count). The van der Waals surface area contributed by atoms with Crippen molar-refractivity contribution in [2.24, 2.45) is 0 Å². The standard InChI is InChI=1S/C21H18N4O2S/c1-2-28(26,27)25-18-11-17(13-23-14-18)16-3-4-21-20(12-16)19(7-10-24-21)15-5-8-22-9-6-15/h3-14,25H,2H2,1H3. The lowest BCUT2D eigenvalue weighted by Gasteiger charge is -2.10. The van der Waals surface area contributed by atoms with Crippen molar-refractivity contribution in [3.05, 3.63) is 73.4 Å². The molecule has 1 aromatic carbocycles. The van der Waals surface area contributed by atoms with E-state index in [0.717, 1.165) is 33.2 Å². The van der Waals surface area contributed by atoms with E-state index >= 15 is 0 Å². The number of pyridine rings is 3. The monoisotopic (exact) mass is 390 g/mol. The second-order valence-electron chi connectivity index (χ2n) is 6.29. The van der Waals surface area contributed by atoms with Crippen molar-refractivity contribution < 1.29 is 8.42 Å². The van der Waals surface area contributed by atoms with Crippen LogP contribution in [0.1, 0.15) is 6.92 Å². The van der Waals surface area contributed by atoms with Gasteiger partial charge in [-0.15, -0.1) is 0 Å². The maximum absolute atomic E-state index is 11.8. The van der Waals surface area contributed by atoms with Crippen molar-refractivity contribution >= 4 is 26.6 Å². The average molecular weight is 390 g/mol. The van der Waals surface area contributed by atoms with E-state index in [2.05, 4.69) is 19.7 Å². The van der Waals surface area contributed by atoms with Crippen LogP contribution in [0.5, 0.6) is 0 Å². The number of benzene rings is 1. The molecule has 0 aliphatic heterocycles. The predicted octanol–water partition coefficient (Wildman–Crippen LogP) is 4.12. The summed E-state index contributed by atoms with van der Waals surface area (Å²) in [6.45, 7) is 1.59. The fourth-order valence-corrected chi connectivity index (χ4v) is 3.63. The first kappa shape index (κ1) is 18.1. The molecule has 0 radical (unpaired) electrons. The minimum atomic E-state index is -3.35. The molecule has 7 heteroatoms. The summed E-state index contributed by atoms with van der Waals surface area (Å²) < 4.78 is 26.2. The molecule has 0 aliphatic rings. The molecule has 0 spiro atoms. The minimum Gasteiger partial charge on any atom is -0.282 e. The number of aromatic nitrogens is 3. The summed E-state index contributed by atoms with van der Waals surface area (Å²) in [6, 6.07) is 13.6. The number of nitrogens with one attached hydrogen (secondary N) is 1. The molecule has 0 aliphatic carbocycles. The van der Waals surface area contributed by atoms with Gasteiger partial charge in [-0.1, -0.05) is 6.07 Å². The van der Waals surface area contributed by atoms with Gasteiger partial charge in [0.25, 0.3) is 0 Å². The normalized spacial score (nSPS) is 11.5. The van der Waals surface area contributed by atoms with Gasteiger partial charge in [0.1, 0.15) is 0 Å². The summed E-state index contributed by atoms with van der Waals surface area (Å²) >= 11 is 0. The fraction of sp³-hybridized carbons (Fsp3) is 0.0952. The highest BCUT2D eigenvalue weighted by atomic mass is 32.2. The van der Waals surface area contributed by atoms with Crippen LogP contribution in [0.25, 0.3) is 33.2 Å². The quantitative estimate of drug-likeness (QED) is 0.554. The summed E-state index contributed by atoms with van der Waals surface area (Å²) in [6.07, 6.45) is 8.53. The Morgan fingerprint density at radius 3 is 2.46 bits per heavy atom. The Bertz CT molecular complexity index is 1240. The highest BCUT2D eigenvalue weighted by molar-refractivity contribution is 7.92. The largest absolute Gasteiger partial charge is 0.282 e. The molecule has 1 N–H and O–H groups in total. The van der Waals surface area contributed by atoms with Crippen LogP contribution < -0.4 is 4.72 Å². The third-order valence-corrected chi connectivity index (χ3v) is 5.76. The first-order chi connectivity index (χ1) is 13.6. The van der Waals surface area contributed by atoms with Crippen molar-refractivity contribution in [3.63, 3.8) is 0 Å². The lowest BCUT2D eigenvalue weighted by molar-refractivity contribution is 0.602. The van der Waals surface area contributed by atoms with Crippen molar-refractivity contribution in [1.29, 1.82) is 0 Å². The van der Waals surface area contributed by atoms with Crippen molar-refractivity contribution in [1.82, 2.24) is 15.0 Å². The SMILES string of the molecule is CCS(=O)(=O)Nc1cncc(-c2ccc3nccc(-c4ccncc4)c3c2)c1. The molecular weight excluding hydrogens is 372 g/mol. The van der Waals surface area contributed by atoms with Gasteiger partial charge in [0.15, 0.2) is 0 Å². The first-order valence-corrected chi connectivity index (χ1v) is 10.5. The molecule has 0 saturated heterocycles. The van der Waals surface area contributed by atoms with Gasteiger partial charge in [-0.3, -0.25) is 19.7 Å². The fourth-order valence-electron chi connectivity index (χ4n) is 3.01. The topological polar surface area (TPSA) is 84.8 Å². The van der Waals surface area contributed by atoms with Gasteiger partial charge in [0.05, 0.1) is 23.2 Å². The Morgan fingerprint density at radius 1 is 0.857 bits per heavy atom. The summed E-state index contributed by atoms with van der Waals surface area (Å²) in [4.78, 5) is 12.7. The van der Waals surface area contributed by atoms with Crippen molar-refractivity contribution in [2.45, 2.75) is 6.92 Å². The maximum Gasteiger partial charge on any atom is 0.232 e. The van der Waals surface area contributed by atoms with Gasteiger partial charge in [-0.25, -0.2) is 8.42 Å². The molecule has 0 saturated carbocycles. The second kappa shape index (κ2) is 7.36. The second-order valence-corrected chi connectivity index (χ2v) is 8.31. The smallest absolute Gasteiger partial charge is 0.232 e. The zero-order valence-electron chi connectivity index (χ0n) is 15.2. The summed E-state index contributed by atoms with van der Waals surface area (Å²) in [5, 5.41) is 1.01. The molecule has 4 aromatic rings. The average Bonchev–Trinajstić information content (AvgIpc) is 2.73. The van der Waals surface area contributed by atoms with Crippen LogP contribution >= 0.6 is 0 Å². The van der Waals surface area contributed by atoms with Crippen LogP contribution in [0.3, 0.4) is 0 Å². The summed E-state index contributed by atoms with van der Waals surface area (Å²) in [7, 11) is -3.35. The molecule has 0 amide bonds. The van der Waals surface area contributed by atoms with E-state index in [1.165, 1.54) is 6.20 Å². The van der Waals surface area contributed by atoms with Crippen LogP contribution in [0.4, 0.5) is 5.69 Å². The number of hydrogen-bond acceptors (Lipinski definition) is 5. The van der Waals surface area contributed by atoms with Crippen LogP contribution in [0, 0.1) is 0 Å². The van der Waals surface area contributed by atoms with Gasteiger partial charge in [0.2, 0.25) is 10.0 Å². The molecule has 0 fully saturated rings. The molecule has 28 heavy (non-hydrogen) atoms. The van der Waals surface area contributed by atoms with Crippen LogP contribution in [-0.4, -0.2) is 29.1 Å². The number of fused-ring (bicyclic) bond motifs is 1. The van der Waals surface area contributed by atoms with E-state index in [4.69, 9.17) is 0 Å². The molecule has 0 atom stereocenters. The number of nitrogens with zero attached hydrogens (tertiary/aromatic N) is 3. The van der Waals surface area contributed by atoms with Crippen LogP contribution in [-0.2, 0) is 10.0 Å². The summed E-state index contributed by atoms with van der Waals surface area (Å²) in [5.41, 5.74) is 5.20. The Labute approximate surface area is 163 Å². The van der Waals surface area contributed by atoms with E-state index in [1.807, 2.05) is 36.4 Å². The highest BCUT2D eigenvalue weighted by Gasteiger charge is 2.10. The van der Waals surface area contributed by atoms with Crippen molar-refractivity contribution in [2.75, 3.05) is 10.5 Å². The van der Waals surface area contributed by atoms with E-state index < -0.39 is 10.0 Å². The lowest BCUT2D eigenvalue weighted by atomic mass is 9.98. The van der Waals surface area contributed by atoms with Gasteiger partial charge in [-0.2, -0.15) is 0 Å². The Hall–Kier alpha value is -3.32.